The maximum absolute atomic E-state index is 13.0. The van der Waals surface area contributed by atoms with Crippen LogP contribution in [0.2, 0.25) is 0 Å². The molecule has 5 nitrogen and oxygen atoms in total. The molecule has 0 atom stereocenters. The molecule has 0 saturated heterocycles. The van der Waals surface area contributed by atoms with E-state index in [0.717, 1.165) is 22.5 Å². The Hall–Kier alpha value is -1.51. The second-order valence-electron chi connectivity index (χ2n) is 4.64. The highest BCUT2D eigenvalue weighted by Crippen LogP contribution is 2.24. The fourth-order valence-electron chi connectivity index (χ4n) is 1.98. The van der Waals surface area contributed by atoms with Crippen LogP contribution in [0.15, 0.2) is 22.4 Å². The lowest BCUT2D eigenvalue weighted by Gasteiger charge is -2.08. The van der Waals surface area contributed by atoms with Crippen LogP contribution in [0, 0.1) is 19.7 Å². The summed E-state index contributed by atoms with van der Waals surface area (Å²) in [4.78, 5) is 3.90. The van der Waals surface area contributed by atoms with Crippen molar-refractivity contribution >= 4 is 26.5 Å². The molecule has 0 saturated carbocycles. The van der Waals surface area contributed by atoms with Crippen molar-refractivity contribution in [2.75, 3.05) is 12.3 Å². The SMILES string of the molecule is Cc1cc(F)ccc1CCNS(=O)(=O)c1sc(N)nc1C. The van der Waals surface area contributed by atoms with E-state index in [1.807, 2.05) is 0 Å². The van der Waals surface area contributed by atoms with Crippen LogP contribution in [-0.4, -0.2) is 19.9 Å². The summed E-state index contributed by atoms with van der Waals surface area (Å²) in [7, 11) is -3.61. The number of aromatic nitrogens is 1. The number of sulfonamides is 1. The van der Waals surface area contributed by atoms with Crippen molar-refractivity contribution in [2.24, 2.45) is 0 Å². The molecular weight excluding hydrogens is 313 g/mol. The summed E-state index contributed by atoms with van der Waals surface area (Å²) in [5.41, 5.74) is 7.60. The Balaban J connectivity index is 2.04. The predicted octanol–water partition coefficient (Wildman–Crippen LogP) is 2.00. The van der Waals surface area contributed by atoms with Gasteiger partial charge >= 0.3 is 0 Å². The van der Waals surface area contributed by atoms with Gasteiger partial charge in [0.25, 0.3) is 10.0 Å². The van der Waals surface area contributed by atoms with Crippen molar-refractivity contribution in [3.05, 3.63) is 40.8 Å². The van der Waals surface area contributed by atoms with Gasteiger partial charge < -0.3 is 5.73 Å². The van der Waals surface area contributed by atoms with Gasteiger partial charge in [-0.05, 0) is 43.5 Å². The first kappa shape index (κ1) is 15.9. The molecule has 3 N–H and O–H groups in total. The van der Waals surface area contributed by atoms with Crippen LogP contribution < -0.4 is 10.5 Å². The maximum Gasteiger partial charge on any atom is 0.252 e. The first-order chi connectivity index (χ1) is 9.79. The van der Waals surface area contributed by atoms with Crippen LogP contribution in [0.5, 0.6) is 0 Å². The molecule has 2 aromatic rings. The largest absolute Gasteiger partial charge is 0.375 e. The lowest BCUT2D eigenvalue weighted by molar-refractivity contribution is 0.582. The number of rotatable bonds is 5. The number of benzene rings is 1. The third kappa shape index (κ3) is 3.78. The van der Waals surface area contributed by atoms with E-state index in [1.54, 1.807) is 19.9 Å². The van der Waals surface area contributed by atoms with E-state index in [2.05, 4.69) is 9.71 Å². The molecule has 0 aliphatic rings. The van der Waals surface area contributed by atoms with Crippen LogP contribution in [0.4, 0.5) is 9.52 Å². The number of aryl methyl sites for hydroxylation is 2. The minimum atomic E-state index is -3.61. The lowest BCUT2D eigenvalue weighted by atomic mass is 10.1. The summed E-state index contributed by atoms with van der Waals surface area (Å²) >= 11 is 0.939. The predicted molar refractivity (Wildman–Crippen MR) is 81.3 cm³/mol. The Morgan fingerprint density at radius 1 is 1.38 bits per heavy atom. The van der Waals surface area contributed by atoms with E-state index < -0.39 is 10.0 Å². The molecule has 0 unspecified atom stereocenters. The third-order valence-electron chi connectivity index (χ3n) is 3.01. The second kappa shape index (κ2) is 6.08. The van der Waals surface area contributed by atoms with Gasteiger partial charge in [0.1, 0.15) is 5.82 Å². The first-order valence-electron chi connectivity index (χ1n) is 6.27. The molecule has 0 aliphatic heterocycles. The van der Waals surface area contributed by atoms with E-state index in [-0.39, 0.29) is 21.7 Å². The van der Waals surface area contributed by atoms with Gasteiger partial charge in [0, 0.05) is 6.54 Å². The van der Waals surface area contributed by atoms with E-state index in [0.29, 0.717) is 12.1 Å². The van der Waals surface area contributed by atoms with E-state index in [4.69, 9.17) is 5.73 Å². The summed E-state index contributed by atoms with van der Waals surface area (Å²) in [6, 6.07) is 4.46. The molecule has 114 valence electrons. The lowest BCUT2D eigenvalue weighted by Crippen LogP contribution is -2.26. The van der Waals surface area contributed by atoms with Crippen LogP contribution in [0.25, 0.3) is 0 Å². The van der Waals surface area contributed by atoms with Gasteiger partial charge in [-0.15, -0.1) is 0 Å². The quantitative estimate of drug-likeness (QED) is 0.878. The van der Waals surface area contributed by atoms with Crippen molar-refractivity contribution < 1.29 is 12.8 Å². The number of nitrogens with two attached hydrogens (primary N) is 1. The molecule has 0 fully saturated rings. The summed E-state index contributed by atoms with van der Waals surface area (Å²) < 4.78 is 39.9. The summed E-state index contributed by atoms with van der Waals surface area (Å²) in [6.45, 7) is 3.62. The first-order valence-corrected chi connectivity index (χ1v) is 8.57. The fraction of sp³-hybridized carbons (Fsp3) is 0.308. The second-order valence-corrected chi connectivity index (χ2v) is 7.64. The highest BCUT2D eigenvalue weighted by atomic mass is 32.2. The molecule has 8 heteroatoms. The van der Waals surface area contributed by atoms with E-state index in [9.17, 15) is 12.8 Å². The van der Waals surface area contributed by atoms with Gasteiger partial charge in [0.15, 0.2) is 9.34 Å². The molecule has 1 heterocycles. The highest BCUT2D eigenvalue weighted by molar-refractivity contribution is 7.91. The Bertz CT molecular complexity index is 757. The topological polar surface area (TPSA) is 85.1 Å². The number of hydrogen-bond donors (Lipinski definition) is 2. The zero-order valence-corrected chi connectivity index (χ0v) is 13.3. The zero-order valence-electron chi connectivity index (χ0n) is 11.7. The number of nitrogen functional groups attached to an aromatic ring is 1. The molecule has 2 rings (SSSR count). The number of halogens is 1. The zero-order chi connectivity index (χ0) is 15.6. The van der Waals surface area contributed by atoms with Gasteiger partial charge in [-0.1, -0.05) is 17.4 Å². The summed E-state index contributed by atoms with van der Waals surface area (Å²) in [5.74, 6) is -0.299. The van der Waals surface area contributed by atoms with Gasteiger partial charge in [-0.25, -0.2) is 22.5 Å². The molecule has 0 aliphatic carbocycles. The molecule has 1 aromatic carbocycles. The van der Waals surface area contributed by atoms with Crippen LogP contribution in [0.3, 0.4) is 0 Å². The Labute approximate surface area is 127 Å². The smallest absolute Gasteiger partial charge is 0.252 e. The number of hydrogen-bond acceptors (Lipinski definition) is 5. The van der Waals surface area contributed by atoms with Gasteiger partial charge in [0.05, 0.1) is 5.69 Å². The van der Waals surface area contributed by atoms with Crippen LogP contribution in [0.1, 0.15) is 16.8 Å². The molecule has 1 aromatic heterocycles. The van der Waals surface area contributed by atoms with Crippen molar-refractivity contribution in [1.29, 1.82) is 0 Å². The van der Waals surface area contributed by atoms with E-state index in [1.165, 1.54) is 12.1 Å². The minimum absolute atomic E-state index is 0.135. The monoisotopic (exact) mass is 329 g/mol. The summed E-state index contributed by atoms with van der Waals surface area (Å²) in [5, 5.41) is 0.224. The van der Waals surface area contributed by atoms with Crippen LogP contribution >= 0.6 is 11.3 Å². The normalized spacial score (nSPS) is 11.8. The molecule has 0 amide bonds. The van der Waals surface area contributed by atoms with Crippen molar-refractivity contribution in [3.8, 4) is 0 Å². The number of nitrogens with one attached hydrogen (secondary N) is 1. The van der Waals surface area contributed by atoms with Crippen LogP contribution in [-0.2, 0) is 16.4 Å². The Morgan fingerprint density at radius 2 is 2.10 bits per heavy atom. The molecule has 0 radical (unpaired) electrons. The van der Waals surface area contributed by atoms with E-state index >= 15 is 0 Å². The maximum atomic E-state index is 13.0. The van der Waals surface area contributed by atoms with Crippen molar-refractivity contribution in [1.82, 2.24) is 9.71 Å². The molecule has 0 bridgehead atoms. The van der Waals surface area contributed by atoms with Gasteiger partial charge in [0.2, 0.25) is 0 Å². The third-order valence-corrected chi connectivity index (χ3v) is 6.06. The van der Waals surface area contributed by atoms with Gasteiger partial charge in [-0.2, -0.15) is 0 Å². The molecule has 0 spiro atoms. The fourth-order valence-corrected chi connectivity index (χ4v) is 4.35. The Kier molecular flexibility index (Phi) is 4.60. The molecule has 21 heavy (non-hydrogen) atoms. The number of anilines is 1. The highest BCUT2D eigenvalue weighted by Gasteiger charge is 2.20. The van der Waals surface area contributed by atoms with Crippen molar-refractivity contribution in [3.63, 3.8) is 0 Å². The Morgan fingerprint density at radius 3 is 2.67 bits per heavy atom. The average Bonchev–Trinajstić information content (AvgIpc) is 2.72. The van der Waals surface area contributed by atoms with Crippen molar-refractivity contribution in [2.45, 2.75) is 24.5 Å². The standard InChI is InChI=1S/C13H16FN3O2S2/c1-8-7-11(14)4-3-10(8)5-6-16-21(18,19)12-9(2)17-13(15)20-12/h3-4,7,16H,5-6H2,1-2H3,(H2,15,17). The average molecular weight is 329 g/mol. The molecular formula is C13H16FN3O2S2. The van der Waals surface area contributed by atoms with Gasteiger partial charge in [-0.3, -0.25) is 0 Å². The minimum Gasteiger partial charge on any atom is -0.375 e. The summed E-state index contributed by atoms with van der Waals surface area (Å²) in [6.07, 6.45) is 0.485. The number of nitrogens with zero attached hydrogens (tertiary/aromatic N) is 1. The number of thiazole rings is 1.